The Morgan fingerprint density at radius 1 is 1.00 bits per heavy atom. The SMILES string of the molecule is CN(C)c1ccc(NC(=O)[C@@H](c2csnn2)N(Cc2ccco2)C(=O)CN2C(=O)c3ccccc3C2=O)cc1. The summed E-state index contributed by atoms with van der Waals surface area (Å²) in [5, 5.41) is 8.49. The van der Waals surface area contributed by atoms with Crippen LogP contribution < -0.4 is 10.2 Å². The summed E-state index contributed by atoms with van der Waals surface area (Å²) in [4.78, 5) is 57.4. The molecular weight excluding hydrogens is 520 g/mol. The number of carbonyl (C=O) groups excluding carboxylic acids is 4. The number of nitrogens with zero attached hydrogens (tertiary/aromatic N) is 5. The Bertz CT molecular complexity index is 1470. The van der Waals surface area contributed by atoms with Crippen LogP contribution in [0.25, 0.3) is 0 Å². The third-order valence-electron chi connectivity index (χ3n) is 6.27. The highest BCUT2D eigenvalue weighted by Crippen LogP contribution is 2.28. The van der Waals surface area contributed by atoms with Gasteiger partial charge in [0, 0.05) is 30.9 Å². The smallest absolute Gasteiger partial charge is 0.262 e. The number of nitrogens with one attached hydrogen (secondary N) is 1. The van der Waals surface area contributed by atoms with E-state index in [9.17, 15) is 19.2 Å². The summed E-state index contributed by atoms with van der Waals surface area (Å²) in [5.41, 5.74) is 2.16. The molecule has 3 heterocycles. The first-order chi connectivity index (χ1) is 18.8. The molecule has 0 unspecified atom stereocenters. The monoisotopic (exact) mass is 544 g/mol. The molecule has 0 saturated heterocycles. The number of anilines is 2. The van der Waals surface area contributed by atoms with Crippen LogP contribution in [0.2, 0.25) is 0 Å². The lowest BCUT2D eigenvalue weighted by atomic mass is 10.1. The number of carbonyl (C=O) groups is 4. The number of rotatable bonds is 9. The Morgan fingerprint density at radius 2 is 1.69 bits per heavy atom. The summed E-state index contributed by atoms with van der Waals surface area (Å²) in [7, 11) is 3.82. The van der Waals surface area contributed by atoms with Crippen LogP contribution in [0.15, 0.2) is 76.7 Å². The molecule has 4 amide bonds. The van der Waals surface area contributed by atoms with Gasteiger partial charge in [-0.25, -0.2) is 0 Å². The van der Waals surface area contributed by atoms with E-state index in [0.29, 0.717) is 11.4 Å². The van der Waals surface area contributed by atoms with Crippen molar-refractivity contribution < 1.29 is 23.6 Å². The summed E-state index contributed by atoms with van der Waals surface area (Å²) in [6, 6.07) is 15.7. The number of furan rings is 1. The number of amides is 4. The first-order valence-corrected chi connectivity index (χ1v) is 12.8. The Hall–Kier alpha value is -4.84. The summed E-state index contributed by atoms with van der Waals surface area (Å²) >= 11 is 1.03. The fourth-order valence-electron chi connectivity index (χ4n) is 4.28. The largest absolute Gasteiger partial charge is 0.467 e. The van der Waals surface area contributed by atoms with Crippen LogP contribution in [0, 0.1) is 0 Å². The van der Waals surface area contributed by atoms with Gasteiger partial charge < -0.3 is 19.5 Å². The maximum Gasteiger partial charge on any atom is 0.262 e. The van der Waals surface area contributed by atoms with Crippen LogP contribution in [0.1, 0.15) is 38.2 Å². The van der Waals surface area contributed by atoms with Crippen LogP contribution >= 0.6 is 11.5 Å². The topological polar surface area (TPSA) is 129 Å². The average molecular weight is 545 g/mol. The predicted molar refractivity (Wildman–Crippen MR) is 143 cm³/mol. The van der Waals surface area contributed by atoms with Gasteiger partial charge in [-0.05, 0) is 60.1 Å². The second kappa shape index (κ2) is 10.9. The second-order valence-corrected chi connectivity index (χ2v) is 9.62. The molecule has 2 aromatic carbocycles. The summed E-state index contributed by atoms with van der Waals surface area (Å²) in [6.07, 6.45) is 1.45. The normalized spacial score (nSPS) is 13.2. The minimum atomic E-state index is -1.22. The highest BCUT2D eigenvalue weighted by Gasteiger charge is 2.40. The molecule has 0 aliphatic carbocycles. The molecule has 0 spiro atoms. The van der Waals surface area contributed by atoms with Gasteiger partial charge in [0.25, 0.3) is 17.7 Å². The van der Waals surface area contributed by atoms with E-state index in [-0.39, 0.29) is 23.4 Å². The first-order valence-electron chi connectivity index (χ1n) is 12.0. The molecule has 1 atom stereocenters. The fourth-order valence-corrected chi connectivity index (χ4v) is 4.76. The van der Waals surface area contributed by atoms with Gasteiger partial charge in [-0.2, -0.15) is 0 Å². The lowest BCUT2D eigenvalue weighted by molar-refractivity contribution is -0.140. The van der Waals surface area contributed by atoms with Crippen molar-refractivity contribution >= 4 is 46.5 Å². The van der Waals surface area contributed by atoms with E-state index in [4.69, 9.17) is 4.42 Å². The molecule has 39 heavy (non-hydrogen) atoms. The van der Waals surface area contributed by atoms with Crippen LogP contribution in [-0.2, 0) is 16.1 Å². The molecule has 11 nitrogen and oxygen atoms in total. The van der Waals surface area contributed by atoms with Crippen molar-refractivity contribution in [1.82, 2.24) is 19.4 Å². The molecule has 5 rings (SSSR count). The van der Waals surface area contributed by atoms with Gasteiger partial charge in [-0.3, -0.25) is 24.1 Å². The van der Waals surface area contributed by atoms with Gasteiger partial charge in [0.15, 0.2) is 6.04 Å². The zero-order valence-corrected chi connectivity index (χ0v) is 21.9. The molecule has 2 aromatic heterocycles. The van der Waals surface area contributed by atoms with Crippen LogP contribution in [0.4, 0.5) is 11.4 Å². The molecule has 1 aliphatic rings. The van der Waals surface area contributed by atoms with E-state index < -0.39 is 36.2 Å². The highest BCUT2D eigenvalue weighted by atomic mass is 32.1. The molecular formula is C27H24N6O5S. The Morgan fingerprint density at radius 3 is 2.26 bits per heavy atom. The van der Waals surface area contributed by atoms with Crippen LogP contribution in [0.5, 0.6) is 0 Å². The number of imide groups is 1. The molecule has 1 aliphatic heterocycles. The van der Waals surface area contributed by atoms with Crippen molar-refractivity contribution in [1.29, 1.82) is 0 Å². The minimum absolute atomic E-state index is 0.107. The Balaban J connectivity index is 1.45. The Kier molecular flexibility index (Phi) is 7.19. The average Bonchev–Trinajstić information content (AvgIpc) is 3.69. The van der Waals surface area contributed by atoms with Gasteiger partial charge in [0.05, 0.1) is 23.9 Å². The van der Waals surface area contributed by atoms with Crippen molar-refractivity contribution in [2.24, 2.45) is 0 Å². The van der Waals surface area contributed by atoms with Gasteiger partial charge in [-0.15, -0.1) is 5.10 Å². The summed E-state index contributed by atoms with van der Waals surface area (Å²) < 4.78 is 9.35. The van der Waals surface area contributed by atoms with Crippen LogP contribution in [-0.4, -0.2) is 63.7 Å². The molecule has 12 heteroatoms. The highest BCUT2D eigenvalue weighted by molar-refractivity contribution is 7.03. The number of hydrogen-bond acceptors (Lipinski definition) is 9. The van der Waals surface area contributed by atoms with Gasteiger partial charge in [0.2, 0.25) is 5.91 Å². The second-order valence-electron chi connectivity index (χ2n) is 9.01. The van der Waals surface area contributed by atoms with Crippen molar-refractivity contribution in [2.75, 3.05) is 30.9 Å². The summed E-state index contributed by atoms with van der Waals surface area (Å²) in [5.74, 6) is -1.92. The van der Waals surface area contributed by atoms with E-state index in [1.54, 1.807) is 53.9 Å². The third kappa shape index (κ3) is 5.27. The first kappa shape index (κ1) is 25.8. The zero-order chi connectivity index (χ0) is 27.5. The van der Waals surface area contributed by atoms with E-state index in [1.807, 2.05) is 31.1 Å². The van der Waals surface area contributed by atoms with E-state index >= 15 is 0 Å². The van der Waals surface area contributed by atoms with Gasteiger partial charge >= 0.3 is 0 Å². The molecule has 0 radical (unpaired) electrons. The number of aromatic nitrogens is 2. The van der Waals surface area contributed by atoms with E-state index in [0.717, 1.165) is 22.1 Å². The maximum atomic E-state index is 13.8. The van der Waals surface area contributed by atoms with Crippen molar-refractivity contribution in [2.45, 2.75) is 12.6 Å². The Labute approximate surface area is 227 Å². The standard InChI is InChI=1S/C27H24N6O5S/c1-31(2)18-11-9-17(10-12-18)28-25(35)24(22-16-39-30-29-22)32(14-19-6-5-13-38-19)23(34)15-33-26(36)20-7-3-4-8-21(20)27(33)37/h3-13,16,24H,14-15H2,1-2H3,(H,28,35)/t24-/m1/s1. The van der Waals surface area contributed by atoms with Crippen molar-refractivity contribution in [3.05, 3.63) is 94.9 Å². The van der Waals surface area contributed by atoms with Gasteiger partial charge in [-0.1, -0.05) is 16.6 Å². The number of hydrogen-bond donors (Lipinski definition) is 1. The number of fused-ring (bicyclic) bond motifs is 1. The van der Waals surface area contributed by atoms with Gasteiger partial charge in [0.1, 0.15) is 18.0 Å². The molecule has 0 bridgehead atoms. The minimum Gasteiger partial charge on any atom is -0.467 e. The lowest BCUT2D eigenvalue weighted by Crippen LogP contribution is -2.46. The van der Waals surface area contributed by atoms with Crippen molar-refractivity contribution in [3.63, 3.8) is 0 Å². The fraction of sp³-hybridized carbons (Fsp3) is 0.185. The van der Waals surface area contributed by atoms with E-state index in [1.165, 1.54) is 11.2 Å². The predicted octanol–water partition coefficient (Wildman–Crippen LogP) is 3.20. The number of benzene rings is 2. The zero-order valence-electron chi connectivity index (χ0n) is 21.1. The third-order valence-corrected chi connectivity index (χ3v) is 6.79. The molecule has 0 saturated carbocycles. The summed E-state index contributed by atoms with van der Waals surface area (Å²) in [6.45, 7) is -0.671. The van der Waals surface area contributed by atoms with Crippen LogP contribution in [0.3, 0.4) is 0 Å². The molecule has 198 valence electrons. The van der Waals surface area contributed by atoms with Crippen molar-refractivity contribution in [3.8, 4) is 0 Å². The molecule has 0 fully saturated rings. The quantitative estimate of drug-likeness (QED) is 0.318. The molecule has 1 N–H and O–H groups in total. The van der Waals surface area contributed by atoms with E-state index in [2.05, 4.69) is 14.9 Å². The maximum absolute atomic E-state index is 13.8. The lowest BCUT2D eigenvalue weighted by Gasteiger charge is -2.30. The molecule has 4 aromatic rings.